The smallest absolute Gasteiger partial charge is 0.379 e. The second-order valence-electron chi connectivity index (χ2n) is 15.7. The van der Waals surface area contributed by atoms with Crippen molar-refractivity contribution in [2.75, 3.05) is 79.7 Å². The molecule has 1 atom stereocenters. The molecule has 0 radical (unpaired) electrons. The van der Waals surface area contributed by atoms with Crippen LogP contribution in [0.5, 0.6) is 0 Å². The molecule has 2 saturated heterocycles. The van der Waals surface area contributed by atoms with E-state index in [1.165, 1.54) is 30.6 Å². The lowest BCUT2D eigenvalue weighted by molar-refractivity contribution is -0.384. The van der Waals surface area contributed by atoms with Crippen LogP contribution in [0.4, 0.5) is 36.1 Å². The van der Waals surface area contributed by atoms with Gasteiger partial charge in [0.2, 0.25) is 0 Å². The van der Waals surface area contributed by atoms with Gasteiger partial charge in [-0.2, -0.15) is 13.2 Å². The first-order valence-corrected chi connectivity index (χ1v) is 23.4. The first kappa shape index (κ1) is 44.8. The third kappa shape index (κ3) is 11.1. The van der Waals surface area contributed by atoms with Gasteiger partial charge in [0.15, 0.2) is 5.82 Å². The van der Waals surface area contributed by atoms with E-state index in [0.29, 0.717) is 55.9 Å². The number of anilines is 3. The van der Waals surface area contributed by atoms with E-state index >= 15 is 0 Å². The van der Waals surface area contributed by atoms with E-state index in [0.717, 1.165) is 78.2 Å². The van der Waals surface area contributed by atoms with Crippen molar-refractivity contribution in [3.63, 3.8) is 0 Å². The van der Waals surface area contributed by atoms with E-state index < -0.39 is 26.7 Å². The molecule has 0 spiro atoms. The number of nitrogens with one attached hydrogen (secondary N) is 2. The first-order valence-electron chi connectivity index (χ1n) is 20.9. The van der Waals surface area contributed by atoms with Gasteiger partial charge in [-0.25, -0.2) is 18.4 Å². The normalized spacial score (nSPS) is 15.8. The maximum absolute atomic E-state index is 13.8. The SMILES string of the molecule is O=[N+]([O-])c1cc(S(=O)(=O)Nc2ncnc3cc(N4CCN(Cc5ccccc5-c5ccc(C(F)(F)F)cc5)CC4)ccc23)ccc1N[C@H](CCN1CCOCC1)CSc1ccccc1. The molecule has 2 N–H and O–H groups in total. The fraction of sp³-hybridized carbons (Fsp3) is 0.304. The third-order valence-electron chi connectivity index (χ3n) is 11.5. The van der Waals surface area contributed by atoms with Crippen LogP contribution in [-0.4, -0.2) is 104 Å². The number of piperazine rings is 1. The van der Waals surface area contributed by atoms with Crippen molar-refractivity contribution >= 4 is 55.6 Å². The van der Waals surface area contributed by atoms with E-state index in [1.807, 2.05) is 66.7 Å². The van der Waals surface area contributed by atoms with Gasteiger partial charge in [-0.1, -0.05) is 54.6 Å². The van der Waals surface area contributed by atoms with Gasteiger partial charge in [0.1, 0.15) is 12.0 Å². The van der Waals surface area contributed by atoms with Crippen LogP contribution in [0.1, 0.15) is 17.5 Å². The maximum atomic E-state index is 13.8. The Bertz CT molecular complexity index is 2670. The standard InChI is InChI=1S/C46H47F3N8O5S2/c47-46(48,49)35-12-10-33(11-13-35)40-9-5-4-6-34(40)30-55-20-22-56(23-21-55)37-14-16-41-43(28-37)50-32-51-45(41)53-64(60,61)39-15-17-42(44(29-39)57(58)59)52-36(18-19-54-24-26-62-27-25-54)31-63-38-7-2-1-3-8-38/h1-17,28-29,32,36,52H,18-27,30-31H2,(H,50,51,53)/t36-/m1/s1. The molecule has 6 aromatic rings. The number of nitro benzene ring substituents is 1. The lowest BCUT2D eigenvalue weighted by Gasteiger charge is -2.36. The zero-order valence-electron chi connectivity index (χ0n) is 34.8. The van der Waals surface area contributed by atoms with E-state index in [1.54, 1.807) is 17.8 Å². The van der Waals surface area contributed by atoms with E-state index in [9.17, 15) is 31.7 Å². The average Bonchev–Trinajstić information content (AvgIpc) is 3.30. The highest BCUT2D eigenvalue weighted by Crippen LogP contribution is 2.34. The molecule has 0 saturated carbocycles. The molecule has 2 aliphatic rings. The first-order chi connectivity index (χ1) is 30.9. The minimum atomic E-state index is -4.40. The number of nitrogens with zero attached hydrogens (tertiary/aromatic N) is 6. The molecule has 0 aliphatic carbocycles. The van der Waals surface area contributed by atoms with Gasteiger partial charge < -0.3 is 15.0 Å². The summed E-state index contributed by atoms with van der Waals surface area (Å²) in [6.45, 7) is 7.23. The number of nitro groups is 1. The number of hydrogen-bond acceptors (Lipinski definition) is 12. The molecule has 0 unspecified atom stereocenters. The lowest BCUT2D eigenvalue weighted by Crippen LogP contribution is -2.46. The Balaban J connectivity index is 0.925. The quantitative estimate of drug-likeness (QED) is 0.0545. The summed E-state index contributed by atoms with van der Waals surface area (Å²) >= 11 is 1.65. The molecule has 0 amide bonds. The molecule has 18 heteroatoms. The molecule has 8 rings (SSSR count). The van der Waals surface area contributed by atoms with E-state index in [2.05, 4.69) is 34.7 Å². The number of alkyl halides is 3. The van der Waals surface area contributed by atoms with Crippen LogP contribution in [0, 0.1) is 10.1 Å². The van der Waals surface area contributed by atoms with E-state index in [4.69, 9.17) is 4.74 Å². The maximum Gasteiger partial charge on any atom is 0.416 e. The highest BCUT2D eigenvalue weighted by molar-refractivity contribution is 7.99. The number of rotatable bonds is 16. The number of hydrogen-bond donors (Lipinski definition) is 2. The van der Waals surface area contributed by atoms with Gasteiger partial charge in [-0.3, -0.25) is 24.6 Å². The highest BCUT2D eigenvalue weighted by Gasteiger charge is 2.30. The molecule has 0 bridgehead atoms. The minimum absolute atomic E-state index is 0.0408. The van der Waals surface area contributed by atoms with E-state index in [-0.39, 0.29) is 28.1 Å². The van der Waals surface area contributed by atoms with Gasteiger partial charge in [0.25, 0.3) is 15.7 Å². The molecule has 5 aromatic carbocycles. The topological polar surface area (TPSA) is 146 Å². The molecule has 13 nitrogen and oxygen atoms in total. The number of halogens is 3. The van der Waals surface area contributed by atoms with Crippen molar-refractivity contribution in [2.45, 2.75) is 35.0 Å². The summed E-state index contributed by atoms with van der Waals surface area (Å²) in [5.74, 6) is 0.678. The number of morpholine rings is 1. The summed E-state index contributed by atoms with van der Waals surface area (Å²) in [6.07, 6.45) is -2.41. The van der Waals surface area contributed by atoms with Gasteiger partial charge in [0.05, 0.1) is 34.1 Å². The predicted octanol–water partition coefficient (Wildman–Crippen LogP) is 8.64. The largest absolute Gasteiger partial charge is 0.416 e. The van der Waals surface area contributed by atoms with Crippen LogP contribution in [0.2, 0.25) is 0 Å². The van der Waals surface area contributed by atoms with Crippen molar-refractivity contribution in [3.05, 3.63) is 143 Å². The number of aromatic nitrogens is 2. The van der Waals surface area contributed by atoms with Crippen LogP contribution in [-0.2, 0) is 27.5 Å². The summed E-state index contributed by atoms with van der Waals surface area (Å²) in [4.78, 5) is 28.1. The molecular formula is C46H47F3N8O5S2. The summed E-state index contributed by atoms with van der Waals surface area (Å²) in [7, 11) is -4.32. The van der Waals surface area contributed by atoms with Crippen molar-refractivity contribution < 1.29 is 31.2 Å². The number of thioether (sulfide) groups is 1. The van der Waals surface area contributed by atoms with Gasteiger partial charge in [-0.15, -0.1) is 11.8 Å². The summed E-state index contributed by atoms with van der Waals surface area (Å²) in [6, 6.07) is 32.1. The summed E-state index contributed by atoms with van der Waals surface area (Å²) < 4.78 is 75.2. The van der Waals surface area contributed by atoms with Crippen molar-refractivity contribution in [2.24, 2.45) is 0 Å². The molecule has 334 valence electrons. The Morgan fingerprint density at radius 2 is 1.56 bits per heavy atom. The van der Waals surface area contributed by atoms with Crippen molar-refractivity contribution in [1.29, 1.82) is 0 Å². The molecular weight excluding hydrogens is 866 g/mol. The number of sulfonamides is 1. The molecule has 2 aliphatic heterocycles. The van der Waals surface area contributed by atoms with Crippen LogP contribution in [0.25, 0.3) is 22.0 Å². The van der Waals surface area contributed by atoms with Gasteiger partial charge >= 0.3 is 6.18 Å². The lowest BCUT2D eigenvalue weighted by atomic mass is 9.98. The third-order valence-corrected chi connectivity index (χ3v) is 14.0. The number of benzene rings is 5. The van der Waals surface area contributed by atoms with Crippen LogP contribution >= 0.6 is 11.8 Å². The van der Waals surface area contributed by atoms with Crippen LogP contribution < -0.4 is 14.9 Å². The Morgan fingerprint density at radius 3 is 2.30 bits per heavy atom. The molecule has 64 heavy (non-hydrogen) atoms. The summed E-state index contributed by atoms with van der Waals surface area (Å²) in [5, 5.41) is 16.2. The van der Waals surface area contributed by atoms with Crippen molar-refractivity contribution in [3.8, 4) is 11.1 Å². The fourth-order valence-electron chi connectivity index (χ4n) is 7.94. The Morgan fingerprint density at radius 1 is 0.828 bits per heavy atom. The van der Waals surface area contributed by atoms with Gasteiger partial charge in [0, 0.05) is 86.2 Å². The van der Waals surface area contributed by atoms with Crippen LogP contribution in [0.15, 0.2) is 131 Å². The number of ether oxygens (including phenoxy) is 1. The zero-order chi connectivity index (χ0) is 44.7. The number of fused-ring (bicyclic) bond motifs is 1. The molecule has 3 heterocycles. The molecule has 2 fully saturated rings. The van der Waals surface area contributed by atoms with Gasteiger partial charge in [-0.05, 0) is 77.7 Å². The second-order valence-corrected chi connectivity index (χ2v) is 18.4. The summed E-state index contributed by atoms with van der Waals surface area (Å²) in [5.41, 5.74) is 3.24. The monoisotopic (exact) mass is 912 g/mol. The fourth-order valence-corrected chi connectivity index (χ4v) is 9.98. The average molecular weight is 913 g/mol. The second kappa shape index (κ2) is 19.9. The Hall–Kier alpha value is -5.79. The van der Waals surface area contributed by atoms with Crippen molar-refractivity contribution in [1.82, 2.24) is 19.8 Å². The predicted molar refractivity (Wildman–Crippen MR) is 244 cm³/mol. The zero-order valence-corrected chi connectivity index (χ0v) is 36.4. The molecule has 1 aromatic heterocycles. The minimum Gasteiger partial charge on any atom is -0.379 e. The Labute approximate surface area is 373 Å². The Kier molecular flexibility index (Phi) is 14.0. The van der Waals surface area contributed by atoms with Crippen LogP contribution in [0.3, 0.4) is 0 Å². The highest BCUT2D eigenvalue weighted by atomic mass is 32.2.